The summed E-state index contributed by atoms with van der Waals surface area (Å²) in [4.78, 5) is 39.5. The first-order valence-electron chi connectivity index (χ1n) is 8.31. The van der Waals surface area contributed by atoms with Crippen molar-refractivity contribution in [3.63, 3.8) is 0 Å². The normalized spacial score (nSPS) is 11.8. The van der Waals surface area contributed by atoms with E-state index in [1.165, 1.54) is 18.7 Å². The molecule has 0 saturated carbocycles. The minimum atomic E-state index is -1.15. The first-order valence-corrected chi connectivity index (χ1v) is 10.1. The Labute approximate surface area is 169 Å². The summed E-state index contributed by atoms with van der Waals surface area (Å²) in [7, 11) is 0. The van der Waals surface area contributed by atoms with Crippen molar-refractivity contribution in [3.05, 3.63) is 59.7 Å². The van der Waals surface area contributed by atoms with Crippen LogP contribution in [0.1, 0.15) is 22.8 Å². The second-order valence-electron chi connectivity index (χ2n) is 5.79. The first-order chi connectivity index (χ1) is 13.4. The number of thioether (sulfide) groups is 1. The van der Waals surface area contributed by atoms with E-state index in [1.807, 2.05) is 41.7 Å². The number of nitrogens with zero attached hydrogens (tertiary/aromatic N) is 1. The van der Waals surface area contributed by atoms with E-state index in [1.54, 1.807) is 23.5 Å². The molecular weight excluding hydrogens is 398 g/mol. The van der Waals surface area contributed by atoms with Crippen LogP contribution in [0.3, 0.4) is 0 Å². The lowest BCUT2D eigenvalue weighted by molar-refractivity contribution is -0.127. The monoisotopic (exact) mass is 415 g/mol. The van der Waals surface area contributed by atoms with Gasteiger partial charge in [0.05, 0.1) is 15.8 Å². The van der Waals surface area contributed by atoms with Gasteiger partial charge in [0.25, 0.3) is 5.91 Å². The molecule has 0 aliphatic rings. The number of nitrogens with one attached hydrogen (secondary N) is 1. The molecule has 0 bridgehead atoms. The molecule has 144 valence electrons. The van der Waals surface area contributed by atoms with Crippen LogP contribution in [0, 0.1) is 0 Å². The molecule has 0 radical (unpaired) electrons. The van der Waals surface area contributed by atoms with Crippen LogP contribution in [0.4, 0.5) is 4.79 Å². The molecular formula is C19H17N3O4S2. The third-order valence-corrected chi connectivity index (χ3v) is 5.99. The van der Waals surface area contributed by atoms with Gasteiger partial charge in [-0.15, -0.1) is 11.3 Å². The van der Waals surface area contributed by atoms with Crippen molar-refractivity contribution < 1.29 is 19.1 Å². The standard InChI is InChI=1S/C19H17N3O4S2/c1-11(16(23)22-18(20)25)26-17(24)13-7-3-2-6-12(13)10-27-19-21-14-8-4-5-9-15(14)28-19/h2-9,11H,10H2,1H3,(H3,20,22,23,25)/t11-/m1/s1. The number of carbonyl (C=O) groups excluding carboxylic acids is 3. The van der Waals surface area contributed by atoms with Gasteiger partial charge in [-0.05, 0) is 30.7 Å². The maximum atomic E-state index is 12.5. The van der Waals surface area contributed by atoms with Crippen molar-refractivity contribution in [2.45, 2.75) is 23.1 Å². The van der Waals surface area contributed by atoms with E-state index in [4.69, 9.17) is 10.5 Å². The number of aromatic nitrogens is 1. The van der Waals surface area contributed by atoms with Crippen molar-refractivity contribution in [2.24, 2.45) is 5.73 Å². The lowest BCUT2D eigenvalue weighted by Gasteiger charge is -2.13. The predicted octanol–water partition coefficient (Wildman–Crippen LogP) is 3.33. The number of hydrogen-bond donors (Lipinski definition) is 2. The number of esters is 1. The summed E-state index contributed by atoms with van der Waals surface area (Å²) >= 11 is 3.11. The zero-order chi connectivity index (χ0) is 20.1. The van der Waals surface area contributed by atoms with Crippen LogP contribution >= 0.6 is 23.1 Å². The second-order valence-corrected chi connectivity index (χ2v) is 8.05. The van der Waals surface area contributed by atoms with Gasteiger partial charge in [0.15, 0.2) is 10.4 Å². The Bertz CT molecular complexity index is 1000. The molecule has 2 aromatic carbocycles. The molecule has 0 unspecified atom stereocenters. The van der Waals surface area contributed by atoms with Gasteiger partial charge in [0.2, 0.25) is 0 Å². The number of amides is 3. The Morgan fingerprint density at radius 3 is 2.64 bits per heavy atom. The van der Waals surface area contributed by atoms with Crippen molar-refractivity contribution in [3.8, 4) is 0 Å². The molecule has 3 N–H and O–H groups in total. The summed E-state index contributed by atoms with van der Waals surface area (Å²) in [5.41, 5.74) is 6.96. The third kappa shape index (κ3) is 4.87. The van der Waals surface area contributed by atoms with Crippen molar-refractivity contribution in [1.29, 1.82) is 0 Å². The van der Waals surface area contributed by atoms with Crippen LogP contribution in [0.2, 0.25) is 0 Å². The number of urea groups is 1. The number of ether oxygens (including phenoxy) is 1. The maximum absolute atomic E-state index is 12.5. The lowest BCUT2D eigenvalue weighted by Crippen LogP contribution is -2.42. The molecule has 0 spiro atoms. The summed E-state index contributed by atoms with van der Waals surface area (Å²) in [5, 5.41) is 1.89. The molecule has 7 nitrogen and oxygen atoms in total. The minimum Gasteiger partial charge on any atom is -0.449 e. The Kier molecular flexibility index (Phi) is 6.27. The zero-order valence-corrected chi connectivity index (χ0v) is 16.5. The Morgan fingerprint density at radius 2 is 1.89 bits per heavy atom. The molecule has 3 aromatic rings. The van der Waals surface area contributed by atoms with Gasteiger partial charge in [-0.1, -0.05) is 42.1 Å². The van der Waals surface area contributed by atoms with E-state index in [0.717, 1.165) is 20.1 Å². The minimum absolute atomic E-state index is 0.356. The highest BCUT2D eigenvalue weighted by Gasteiger charge is 2.21. The zero-order valence-electron chi connectivity index (χ0n) is 14.9. The first kappa shape index (κ1) is 19.8. The number of nitrogens with two attached hydrogens (primary N) is 1. The quantitative estimate of drug-likeness (QED) is 0.472. The van der Waals surface area contributed by atoms with Gasteiger partial charge in [-0.25, -0.2) is 14.6 Å². The molecule has 0 fully saturated rings. The van der Waals surface area contributed by atoms with E-state index in [0.29, 0.717) is 11.3 Å². The number of rotatable bonds is 6. The van der Waals surface area contributed by atoms with Gasteiger partial charge >= 0.3 is 12.0 Å². The number of imide groups is 1. The predicted molar refractivity (Wildman–Crippen MR) is 108 cm³/mol. The number of hydrogen-bond acceptors (Lipinski definition) is 7. The topological polar surface area (TPSA) is 111 Å². The fourth-order valence-corrected chi connectivity index (χ4v) is 4.47. The Morgan fingerprint density at radius 1 is 1.18 bits per heavy atom. The molecule has 3 rings (SSSR count). The van der Waals surface area contributed by atoms with Crippen LogP contribution < -0.4 is 11.1 Å². The molecule has 1 aromatic heterocycles. The fourth-order valence-electron chi connectivity index (χ4n) is 2.40. The van der Waals surface area contributed by atoms with E-state index in [9.17, 15) is 14.4 Å². The molecule has 3 amide bonds. The van der Waals surface area contributed by atoms with Crippen LogP contribution in [0.5, 0.6) is 0 Å². The fraction of sp³-hybridized carbons (Fsp3) is 0.158. The number of thiazole rings is 1. The second kappa shape index (κ2) is 8.85. The summed E-state index contributed by atoms with van der Waals surface area (Å²) in [6, 6.07) is 13.9. The average molecular weight is 415 g/mol. The number of carbonyl (C=O) groups is 3. The third-order valence-electron chi connectivity index (χ3n) is 3.76. The van der Waals surface area contributed by atoms with Gasteiger partial charge in [-0.3, -0.25) is 10.1 Å². The SMILES string of the molecule is C[C@@H](OC(=O)c1ccccc1CSc1nc2ccccc2s1)C(=O)NC(N)=O. The molecule has 0 aliphatic heterocycles. The molecule has 0 aliphatic carbocycles. The average Bonchev–Trinajstić information content (AvgIpc) is 3.09. The van der Waals surface area contributed by atoms with E-state index >= 15 is 0 Å². The summed E-state index contributed by atoms with van der Waals surface area (Å²) in [5.74, 6) is -0.901. The van der Waals surface area contributed by atoms with Gasteiger partial charge in [0.1, 0.15) is 0 Å². The van der Waals surface area contributed by atoms with Gasteiger partial charge < -0.3 is 10.5 Å². The van der Waals surface area contributed by atoms with E-state index < -0.39 is 24.0 Å². The highest BCUT2D eigenvalue weighted by Crippen LogP contribution is 2.32. The Hall–Kier alpha value is -2.91. The number of para-hydroxylation sites is 1. The molecule has 9 heteroatoms. The van der Waals surface area contributed by atoms with E-state index in [2.05, 4.69) is 4.98 Å². The van der Waals surface area contributed by atoms with Crippen LogP contribution in [-0.4, -0.2) is 29.0 Å². The van der Waals surface area contributed by atoms with Crippen molar-refractivity contribution in [1.82, 2.24) is 10.3 Å². The van der Waals surface area contributed by atoms with Crippen LogP contribution in [0.25, 0.3) is 10.2 Å². The molecule has 1 heterocycles. The van der Waals surface area contributed by atoms with Gasteiger partial charge in [-0.2, -0.15) is 0 Å². The Balaban J connectivity index is 1.69. The van der Waals surface area contributed by atoms with Crippen LogP contribution in [-0.2, 0) is 15.3 Å². The number of fused-ring (bicyclic) bond motifs is 1. The van der Waals surface area contributed by atoms with E-state index in [-0.39, 0.29) is 0 Å². The summed E-state index contributed by atoms with van der Waals surface area (Å²) in [6.07, 6.45) is -1.15. The molecule has 28 heavy (non-hydrogen) atoms. The number of benzene rings is 2. The van der Waals surface area contributed by atoms with Crippen molar-refractivity contribution >= 4 is 51.2 Å². The highest BCUT2D eigenvalue weighted by molar-refractivity contribution is 8.00. The highest BCUT2D eigenvalue weighted by atomic mass is 32.2. The summed E-state index contributed by atoms with van der Waals surface area (Å²) < 4.78 is 7.16. The largest absolute Gasteiger partial charge is 0.449 e. The smallest absolute Gasteiger partial charge is 0.339 e. The molecule has 1 atom stereocenters. The summed E-state index contributed by atoms with van der Waals surface area (Å²) in [6.45, 7) is 1.37. The van der Waals surface area contributed by atoms with Crippen LogP contribution in [0.15, 0.2) is 52.9 Å². The molecule has 0 saturated heterocycles. The lowest BCUT2D eigenvalue weighted by atomic mass is 10.1. The van der Waals surface area contributed by atoms with Crippen molar-refractivity contribution in [2.75, 3.05) is 0 Å². The maximum Gasteiger partial charge on any atom is 0.339 e. The van der Waals surface area contributed by atoms with Gasteiger partial charge in [0, 0.05) is 5.75 Å². The number of primary amides is 1.